The standard InChI is InChI=1S/C23H29NO4S/c1-7-23(25)20-14-18(28-6)10-9-17(20)13-21(22(23,4)5)24-29(26,27)19-11-8-15(2)16(3)12-19/h7-12,14,21,24-25H,1,13H2,2-6H3. The summed E-state index contributed by atoms with van der Waals surface area (Å²) in [6.07, 6.45) is 1.94. The number of hydrogen-bond donors (Lipinski definition) is 2. The number of benzene rings is 2. The van der Waals surface area contributed by atoms with Crippen LogP contribution < -0.4 is 9.46 Å². The Balaban J connectivity index is 2.06. The number of rotatable bonds is 5. The Morgan fingerprint density at radius 2 is 1.86 bits per heavy atom. The smallest absolute Gasteiger partial charge is 0.240 e. The third-order valence-corrected chi connectivity index (χ3v) is 7.86. The van der Waals surface area contributed by atoms with Crippen LogP contribution in [0.3, 0.4) is 0 Å². The van der Waals surface area contributed by atoms with Gasteiger partial charge in [-0.25, -0.2) is 13.1 Å². The fourth-order valence-electron chi connectivity index (χ4n) is 4.00. The second kappa shape index (κ2) is 7.27. The molecule has 0 radical (unpaired) electrons. The predicted octanol–water partition coefficient (Wildman–Crippen LogP) is 3.62. The Labute approximate surface area is 173 Å². The van der Waals surface area contributed by atoms with Crippen LogP contribution in [-0.4, -0.2) is 26.7 Å². The summed E-state index contributed by atoms with van der Waals surface area (Å²) >= 11 is 0. The van der Waals surface area contributed by atoms with Crippen molar-refractivity contribution >= 4 is 10.0 Å². The van der Waals surface area contributed by atoms with Crippen molar-refractivity contribution in [1.29, 1.82) is 0 Å². The summed E-state index contributed by atoms with van der Waals surface area (Å²) in [5.41, 5.74) is 1.23. The van der Waals surface area contributed by atoms with Gasteiger partial charge in [-0.3, -0.25) is 0 Å². The van der Waals surface area contributed by atoms with Gasteiger partial charge in [0.25, 0.3) is 0 Å². The Bertz CT molecular complexity index is 1060. The molecule has 2 N–H and O–H groups in total. The van der Waals surface area contributed by atoms with Gasteiger partial charge in [-0.1, -0.05) is 38.6 Å². The minimum atomic E-state index is -3.76. The van der Waals surface area contributed by atoms with Crippen LogP contribution in [-0.2, 0) is 22.0 Å². The Morgan fingerprint density at radius 1 is 1.17 bits per heavy atom. The average molecular weight is 416 g/mol. The molecule has 1 aliphatic carbocycles. The van der Waals surface area contributed by atoms with Crippen molar-refractivity contribution in [2.75, 3.05) is 7.11 Å². The van der Waals surface area contributed by atoms with E-state index < -0.39 is 27.1 Å². The van der Waals surface area contributed by atoms with E-state index >= 15 is 0 Å². The molecule has 3 rings (SSSR count). The molecule has 29 heavy (non-hydrogen) atoms. The molecule has 0 amide bonds. The Kier molecular flexibility index (Phi) is 5.41. The zero-order valence-corrected chi connectivity index (χ0v) is 18.4. The fourth-order valence-corrected chi connectivity index (χ4v) is 5.47. The summed E-state index contributed by atoms with van der Waals surface area (Å²) in [6, 6.07) is 10.0. The van der Waals surface area contributed by atoms with E-state index in [1.54, 1.807) is 31.4 Å². The summed E-state index contributed by atoms with van der Waals surface area (Å²) in [5.74, 6) is 0.633. The van der Waals surface area contributed by atoms with Crippen LogP contribution in [0.25, 0.3) is 0 Å². The number of aryl methyl sites for hydroxylation is 2. The van der Waals surface area contributed by atoms with Gasteiger partial charge >= 0.3 is 0 Å². The van der Waals surface area contributed by atoms with E-state index in [0.717, 1.165) is 16.7 Å². The number of aliphatic hydroxyl groups is 1. The lowest BCUT2D eigenvalue weighted by atomic mass is 9.60. The number of ether oxygens (including phenoxy) is 1. The molecule has 0 saturated carbocycles. The number of hydrogen-bond acceptors (Lipinski definition) is 4. The van der Waals surface area contributed by atoms with E-state index in [9.17, 15) is 13.5 Å². The van der Waals surface area contributed by atoms with E-state index in [0.29, 0.717) is 17.7 Å². The summed E-state index contributed by atoms with van der Waals surface area (Å²) in [4.78, 5) is 0.221. The first kappa shape index (κ1) is 21.6. The minimum Gasteiger partial charge on any atom is -0.497 e. The minimum absolute atomic E-state index is 0.221. The molecule has 0 fully saturated rings. The first-order valence-electron chi connectivity index (χ1n) is 9.59. The molecule has 6 heteroatoms. The molecule has 0 heterocycles. The van der Waals surface area contributed by atoms with Crippen molar-refractivity contribution in [2.24, 2.45) is 5.41 Å². The molecule has 2 aromatic carbocycles. The van der Waals surface area contributed by atoms with E-state index in [1.807, 2.05) is 39.8 Å². The number of sulfonamides is 1. The molecule has 0 bridgehead atoms. The molecule has 2 aromatic rings. The van der Waals surface area contributed by atoms with Crippen molar-refractivity contribution in [3.8, 4) is 5.75 Å². The van der Waals surface area contributed by atoms with E-state index in [1.165, 1.54) is 6.08 Å². The molecule has 2 atom stereocenters. The van der Waals surface area contributed by atoms with Gasteiger partial charge in [-0.15, -0.1) is 0 Å². The normalized spacial score (nSPS) is 23.3. The summed E-state index contributed by atoms with van der Waals surface area (Å²) in [7, 11) is -2.19. The second-order valence-electron chi connectivity index (χ2n) is 8.34. The Morgan fingerprint density at radius 3 is 2.45 bits per heavy atom. The molecular formula is C23H29NO4S. The molecule has 156 valence electrons. The molecule has 0 aromatic heterocycles. The average Bonchev–Trinajstić information content (AvgIpc) is 2.67. The molecule has 5 nitrogen and oxygen atoms in total. The maximum atomic E-state index is 13.1. The highest BCUT2D eigenvalue weighted by Crippen LogP contribution is 2.50. The molecular weight excluding hydrogens is 386 g/mol. The monoisotopic (exact) mass is 415 g/mol. The van der Waals surface area contributed by atoms with Crippen LogP contribution in [0, 0.1) is 19.3 Å². The molecule has 0 aliphatic heterocycles. The highest BCUT2D eigenvalue weighted by atomic mass is 32.2. The van der Waals surface area contributed by atoms with E-state index in [-0.39, 0.29) is 4.90 Å². The van der Waals surface area contributed by atoms with E-state index in [2.05, 4.69) is 11.3 Å². The molecule has 2 unspecified atom stereocenters. The number of methoxy groups -OCH3 is 1. The van der Waals surface area contributed by atoms with Gasteiger partial charge in [0.15, 0.2) is 0 Å². The van der Waals surface area contributed by atoms with Crippen molar-refractivity contribution in [3.63, 3.8) is 0 Å². The van der Waals surface area contributed by atoms with Crippen molar-refractivity contribution in [3.05, 3.63) is 71.3 Å². The lowest BCUT2D eigenvalue weighted by molar-refractivity contribution is -0.0563. The summed E-state index contributed by atoms with van der Waals surface area (Å²) in [6.45, 7) is 11.4. The maximum absolute atomic E-state index is 13.1. The maximum Gasteiger partial charge on any atom is 0.240 e. The van der Waals surface area contributed by atoms with Gasteiger partial charge in [-0.2, -0.15) is 0 Å². The van der Waals surface area contributed by atoms with Gasteiger partial charge in [-0.05, 0) is 66.8 Å². The zero-order chi connectivity index (χ0) is 21.6. The molecule has 0 spiro atoms. The van der Waals surface area contributed by atoms with Crippen LogP contribution >= 0.6 is 0 Å². The topological polar surface area (TPSA) is 75.6 Å². The van der Waals surface area contributed by atoms with Gasteiger partial charge in [0, 0.05) is 11.5 Å². The highest BCUT2D eigenvalue weighted by molar-refractivity contribution is 7.89. The largest absolute Gasteiger partial charge is 0.497 e. The zero-order valence-electron chi connectivity index (χ0n) is 17.6. The van der Waals surface area contributed by atoms with Crippen molar-refractivity contribution in [1.82, 2.24) is 4.72 Å². The van der Waals surface area contributed by atoms with E-state index in [4.69, 9.17) is 4.74 Å². The third-order valence-electron chi connectivity index (χ3n) is 6.39. The van der Waals surface area contributed by atoms with Crippen LogP contribution in [0.1, 0.15) is 36.1 Å². The lowest BCUT2D eigenvalue weighted by Crippen LogP contribution is -2.58. The van der Waals surface area contributed by atoms with Crippen molar-refractivity contribution < 1.29 is 18.3 Å². The lowest BCUT2D eigenvalue weighted by Gasteiger charge is -2.50. The van der Waals surface area contributed by atoms with Crippen molar-refractivity contribution in [2.45, 2.75) is 50.7 Å². The van der Waals surface area contributed by atoms with Crippen LogP contribution in [0.2, 0.25) is 0 Å². The fraction of sp³-hybridized carbons (Fsp3) is 0.391. The van der Waals surface area contributed by atoms with Gasteiger partial charge in [0.2, 0.25) is 10.0 Å². The van der Waals surface area contributed by atoms with Crippen LogP contribution in [0.4, 0.5) is 0 Å². The van der Waals surface area contributed by atoms with Crippen LogP contribution in [0.5, 0.6) is 5.75 Å². The van der Waals surface area contributed by atoms with Gasteiger partial charge in [0.1, 0.15) is 11.4 Å². The molecule has 1 aliphatic rings. The van der Waals surface area contributed by atoms with Gasteiger partial charge in [0.05, 0.1) is 12.0 Å². The highest BCUT2D eigenvalue weighted by Gasteiger charge is 2.53. The predicted molar refractivity (Wildman–Crippen MR) is 115 cm³/mol. The Hall–Kier alpha value is -2.15. The van der Waals surface area contributed by atoms with Gasteiger partial charge < -0.3 is 9.84 Å². The quantitative estimate of drug-likeness (QED) is 0.732. The summed E-state index contributed by atoms with van der Waals surface area (Å²) < 4.78 is 34.4. The SMILES string of the molecule is C=CC1(O)c2cc(OC)ccc2CC(NS(=O)(=O)c2ccc(C)c(C)c2)C1(C)C. The number of nitrogens with one attached hydrogen (secondary N) is 1. The first-order chi connectivity index (χ1) is 13.5. The second-order valence-corrected chi connectivity index (χ2v) is 10.1. The third kappa shape index (κ3) is 3.50. The number of fused-ring (bicyclic) bond motifs is 1. The summed E-state index contributed by atoms with van der Waals surface area (Å²) in [5, 5.41) is 11.6. The van der Waals surface area contributed by atoms with Crippen LogP contribution in [0.15, 0.2) is 53.9 Å². The first-order valence-corrected chi connectivity index (χ1v) is 11.1. The molecule has 0 saturated heterocycles.